The summed E-state index contributed by atoms with van der Waals surface area (Å²) in [6.45, 7) is 1.77. The third kappa shape index (κ3) is 4.15. The summed E-state index contributed by atoms with van der Waals surface area (Å²) >= 11 is 11.7. The predicted molar refractivity (Wildman–Crippen MR) is 102 cm³/mol. The van der Waals surface area contributed by atoms with Crippen molar-refractivity contribution in [2.75, 3.05) is 6.54 Å². The fourth-order valence-electron chi connectivity index (χ4n) is 2.60. The van der Waals surface area contributed by atoms with E-state index in [-0.39, 0.29) is 22.3 Å². The summed E-state index contributed by atoms with van der Waals surface area (Å²) in [5, 5.41) is 5.82. The largest absolute Gasteiger partial charge is 0.435 e. The van der Waals surface area contributed by atoms with Crippen LogP contribution in [0.25, 0.3) is 11.4 Å². The average Bonchev–Trinajstić information content (AvgIpc) is 3.13. The number of hydrogen-bond acceptors (Lipinski definition) is 3. The predicted octanol–water partition coefficient (Wildman–Crippen LogP) is 4.10. The van der Waals surface area contributed by atoms with Crippen LogP contribution in [-0.2, 0) is 6.18 Å². The summed E-state index contributed by atoms with van der Waals surface area (Å²) < 4.78 is 42.0. The van der Waals surface area contributed by atoms with Gasteiger partial charge in [0, 0.05) is 24.6 Å². The van der Waals surface area contributed by atoms with Crippen molar-refractivity contribution in [2.45, 2.75) is 13.1 Å². The Hall–Kier alpha value is -2.78. The maximum Gasteiger partial charge on any atom is 0.435 e. The van der Waals surface area contributed by atoms with E-state index in [0.717, 1.165) is 10.9 Å². The van der Waals surface area contributed by atoms with Crippen molar-refractivity contribution in [3.63, 3.8) is 0 Å². The molecule has 1 amide bonds. The molecule has 0 unspecified atom stereocenters. The van der Waals surface area contributed by atoms with Crippen LogP contribution in [0.2, 0.25) is 10.0 Å². The number of halogens is 5. The van der Waals surface area contributed by atoms with Gasteiger partial charge in [-0.15, -0.1) is 0 Å². The topological polar surface area (TPSA) is 68.9 Å². The molecule has 0 aliphatic heterocycles. The molecule has 0 atom stereocenters. The second-order valence-electron chi connectivity index (χ2n) is 5.86. The number of alkyl halides is 3. The molecule has 152 valence electrons. The third-order valence-electron chi connectivity index (χ3n) is 3.94. The molecule has 0 radical (unpaired) electrons. The number of amides is 1. The standard InChI is InChI=1S/C18H13Cl2F3N4O2/c1-2-24-16(28)12-9-27(25-15(12)18(21,22)23)11-5-3-10(4-6-11)26-8-7-13(19)14(20)17(26)29/h3-9H,2H2,1H3,(H,24,28). The van der Waals surface area contributed by atoms with Gasteiger partial charge < -0.3 is 5.32 Å². The highest BCUT2D eigenvalue weighted by molar-refractivity contribution is 6.41. The second kappa shape index (κ2) is 7.92. The zero-order valence-electron chi connectivity index (χ0n) is 14.8. The first-order valence-corrected chi connectivity index (χ1v) is 9.01. The number of nitrogens with one attached hydrogen (secondary N) is 1. The minimum atomic E-state index is -4.79. The van der Waals surface area contributed by atoms with Crippen LogP contribution in [0.3, 0.4) is 0 Å². The molecule has 3 rings (SSSR count). The van der Waals surface area contributed by atoms with E-state index in [4.69, 9.17) is 23.2 Å². The third-order valence-corrected chi connectivity index (χ3v) is 4.72. The molecule has 0 saturated heterocycles. The van der Waals surface area contributed by atoms with Crippen LogP contribution >= 0.6 is 23.2 Å². The van der Waals surface area contributed by atoms with Crippen LogP contribution in [0.5, 0.6) is 0 Å². The maximum atomic E-state index is 13.3. The molecule has 0 fully saturated rings. The van der Waals surface area contributed by atoms with Crippen molar-refractivity contribution in [1.82, 2.24) is 19.7 Å². The number of pyridine rings is 1. The van der Waals surface area contributed by atoms with Gasteiger partial charge >= 0.3 is 6.18 Å². The van der Waals surface area contributed by atoms with Crippen molar-refractivity contribution in [2.24, 2.45) is 0 Å². The summed E-state index contributed by atoms with van der Waals surface area (Å²) in [5.74, 6) is -0.870. The SMILES string of the molecule is CCNC(=O)c1cn(-c2ccc(-n3ccc(Cl)c(Cl)c3=O)cc2)nc1C(F)(F)F. The minimum Gasteiger partial charge on any atom is -0.352 e. The lowest BCUT2D eigenvalue weighted by Gasteiger charge is -2.08. The van der Waals surface area contributed by atoms with Gasteiger partial charge in [0.15, 0.2) is 5.69 Å². The molecule has 11 heteroatoms. The first-order chi connectivity index (χ1) is 13.6. The van der Waals surface area contributed by atoms with Crippen LogP contribution in [0, 0.1) is 0 Å². The van der Waals surface area contributed by atoms with Crippen LogP contribution in [0.1, 0.15) is 23.0 Å². The average molecular weight is 445 g/mol. The molecule has 0 saturated carbocycles. The highest BCUT2D eigenvalue weighted by Crippen LogP contribution is 2.31. The van der Waals surface area contributed by atoms with Crippen molar-refractivity contribution < 1.29 is 18.0 Å². The smallest absolute Gasteiger partial charge is 0.352 e. The van der Waals surface area contributed by atoms with Gasteiger partial charge in [-0.25, -0.2) is 4.68 Å². The van der Waals surface area contributed by atoms with Gasteiger partial charge in [0.25, 0.3) is 11.5 Å². The van der Waals surface area contributed by atoms with Crippen molar-refractivity contribution >= 4 is 29.1 Å². The van der Waals surface area contributed by atoms with E-state index in [1.54, 1.807) is 6.92 Å². The number of nitrogens with zero attached hydrogens (tertiary/aromatic N) is 3. The molecule has 1 N–H and O–H groups in total. The number of aromatic nitrogens is 3. The zero-order valence-corrected chi connectivity index (χ0v) is 16.3. The Bertz CT molecular complexity index is 1120. The maximum absolute atomic E-state index is 13.3. The molecule has 0 aliphatic rings. The van der Waals surface area contributed by atoms with E-state index in [2.05, 4.69) is 10.4 Å². The highest BCUT2D eigenvalue weighted by Gasteiger charge is 2.39. The van der Waals surface area contributed by atoms with Gasteiger partial charge in [-0.3, -0.25) is 14.2 Å². The van der Waals surface area contributed by atoms with Crippen LogP contribution in [0.15, 0.2) is 47.5 Å². The van der Waals surface area contributed by atoms with Gasteiger partial charge in [0.1, 0.15) is 5.02 Å². The van der Waals surface area contributed by atoms with E-state index in [1.807, 2.05) is 0 Å². The molecule has 0 aliphatic carbocycles. The number of carbonyl (C=O) groups is 1. The normalized spacial score (nSPS) is 11.5. The molecule has 2 heterocycles. The molecular weight excluding hydrogens is 432 g/mol. The van der Waals surface area contributed by atoms with E-state index in [1.165, 1.54) is 41.1 Å². The van der Waals surface area contributed by atoms with Crippen LogP contribution in [0.4, 0.5) is 13.2 Å². The molecule has 1 aromatic carbocycles. The van der Waals surface area contributed by atoms with E-state index in [9.17, 15) is 22.8 Å². The molecule has 29 heavy (non-hydrogen) atoms. The number of hydrogen-bond donors (Lipinski definition) is 1. The Labute approximate surface area is 172 Å². The Morgan fingerprint density at radius 2 is 1.76 bits per heavy atom. The van der Waals surface area contributed by atoms with Crippen molar-refractivity contribution in [3.8, 4) is 11.4 Å². The highest BCUT2D eigenvalue weighted by atomic mass is 35.5. The summed E-state index contributed by atoms with van der Waals surface area (Å²) in [7, 11) is 0. The zero-order chi connectivity index (χ0) is 21.3. The Kier molecular flexibility index (Phi) is 5.72. The van der Waals surface area contributed by atoms with Gasteiger partial charge in [-0.05, 0) is 37.3 Å². The molecule has 2 aromatic heterocycles. The molecule has 6 nitrogen and oxygen atoms in total. The molecule has 3 aromatic rings. The van der Waals surface area contributed by atoms with Gasteiger partial charge in [0.2, 0.25) is 0 Å². The van der Waals surface area contributed by atoms with E-state index >= 15 is 0 Å². The first kappa shape index (κ1) is 20.9. The Morgan fingerprint density at radius 1 is 1.14 bits per heavy atom. The summed E-state index contributed by atoms with van der Waals surface area (Å²) in [4.78, 5) is 24.2. The number of rotatable bonds is 4. The lowest BCUT2D eigenvalue weighted by Crippen LogP contribution is -2.25. The summed E-state index contributed by atoms with van der Waals surface area (Å²) in [5.41, 5.74) is -1.71. The Morgan fingerprint density at radius 3 is 2.34 bits per heavy atom. The lowest BCUT2D eigenvalue weighted by molar-refractivity contribution is -0.141. The van der Waals surface area contributed by atoms with E-state index in [0.29, 0.717) is 5.69 Å². The van der Waals surface area contributed by atoms with E-state index < -0.39 is 28.9 Å². The lowest BCUT2D eigenvalue weighted by atomic mass is 10.2. The molecule has 0 spiro atoms. The molecular formula is C18H13Cl2F3N4O2. The number of carbonyl (C=O) groups excluding carboxylic acids is 1. The fourth-order valence-corrected chi connectivity index (χ4v) is 2.89. The Balaban J connectivity index is 2.01. The minimum absolute atomic E-state index is 0.110. The van der Waals surface area contributed by atoms with Crippen LogP contribution < -0.4 is 10.9 Å². The summed E-state index contributed by atoms with van der Waals surface area (Å²) in [6, 6.07) is 7.36. The summed E-state index contributed by atoms with van der Waals surface area (Å²) in [6.07, 6.45) is -2.36. The first-order valence-electron chi connectivity index (χ1n) is 8.26. The number of benzene rings is 1. The fraction of sp³-hybridized carbons (Fsp3) is 0.167. The monoisotopic (exact) mass is 444 g/mol. The second-order valence-corrected chi connectivity index (χ2v) is 6.65. The van der Waals surface area contributed by atoms with Crippen molar-refractivity contribution in [3.05, 3.63) is 74.4 Å². The van der Waals surface area contributed by atoms with Crippen LogP contribution in [-0.4, -0.2) is 26.8 Å². The van der Waals surface area contributed by atoms with Gasteiger partial charge in [-0.1, -0.05) is 23.2 Å². The van der Waals surface area contributed by atoms with Gasteiger partial charge in [-0.2, -0.15) is 18.3 Å². The van der Waals surface area contributed by atoms with Gasteiger partial charge in [0.05, 0.1) is 16.3 Å². The van der Waals surface area contributed by atoms with Crippen molar-refractivity contribution in [1.29, 1.82) is 0 Å². The molecule has 0 bridgehead atoms. The quantitative estimate of drug-likeness (QED) is 0.658.